The van der Waals surface area contributed by atoms with Crippen molar-refractivity contribution in [3.8, 4) is 17.4 Å². The highest BCUT2D eigenvalue weighted by molar-refractivity contribution is 7.16. The number of hydrogen-bond donors (Lipinski definition) is 0. The lowest BCUT2D eigenvalue weighted by molar-refractivity contribution is -0.384. The number of aliphatic imine (C=N–C) groups is 1. The second-order valence-electron chi connectivity index (χ2n) is 8.99. The summed E-state index contributed by atoms with van der Waals surface area (Å²) in [5.74, 6) is 1.57. The zero-order valence-corrected chi connectivity index (χ0v) is 19.6. The summed E-state index contributed by atoms with van der Waals surface area (Å²) in [5.41, 5.74) is 2.41. The third kappa shape index (κ3) is 4.34. The number of rotatable bonds is 4. The number of thiophene rings is 1. The van der Waals surface area contributed by atoms with Gasteiger partial charge in [0.25, 0.3) is 5.69 Å². The highest BCUT2D eigenvalue weighted by atomic mass is 35.5. The fraction of sp³-hybridized carbons (Fsp3) is 0.333. The second kappa shape index (κ2) is 8.53. The Labute approximate surface area is 195 Å². The molecule has 0 amide bonds. The molecule has 1 atom stereocenters. The lowest BCUT2D eigenvalue weighted by atomic mass is 9.72. The average molecular weight is 468 g/mol. The van der Waals surface area contributed by atoms with Crippen LogP contribution in [-0.4, -0.2) is 11.1 Å². The molecule has 0 unspecified atom stereocenters. The molecular weight excluding hydrogens is 446 g/mol. The molecule has 32 heavy (non-hydrogen) atoms. The molecule has 2 aromatic heterocycles. The van der Waals surface area contributed by atoms with Crippen molar-refractivity contribution in [1.82, 2.24) is 0 Å². The maximum atomic E-state index is 11.1. The van der Waals surface area contributed by atoms with Crippen LogP contribution in [0.25, 0.3) is 11.3 Å². The van der Waals surface area contributed by atoms with Crippen molar-refractivity contribution in [2.45, 2.75) is 40.0 Å². The Kier molecular flexibility index (Phi) is 5.93. The number of fused-ring (bicyclic) bond motifs is 1. The van der Waals surface area contributed by atoms with Gasteiger partial charge in [-0.2, -0.15) is 5.26 Å². The van der Waals surface area contributed by atoms with Crippen molar-refractivity contribution >= 4 is 39.8 Å². The van der Waals surface area contributed by atoms with E-state index in [1.54, 1.807) is 35.8 Å². The van der Waals surface area contributed by atoms with E-state index in [1.807, 2.05) is 0 Å². The molecule has 0 bridgehead atoms. The highest BCUT2D eigenvalue weighted by Gasteiger charge is 2.32. The van der Waals surface area contributed by atoms with Gasteiger partial charge >= 0.3 is 0 Å². The van der Waals surface area contributed by atoms with Crippen LogP contribution in [0.3, 0.4) is 0 Å². The van der Waals surface area contributed by atoms with Gasteiger partial charge in [-0.3, -0.25) is 10.1 Å². The van der Waals surface area contributed by atoms with Crippen LogP contribution in [0, 0.1) is 32.8 Å². The number of nitrogens with zero attached hydrogens (tertiary/aromatic N) is 3. The molecule has 6 nitrogen and oxygen atoms in total. The largest absolute Gasteiger partial charge is 0.455 e. The van der Waals surface area contributed by atoms with E-state index in [0.717, 1.165) is 24.8 Å². The SMILES string of the molecule is CC(C)(C)[C@H]1CCc2c(sc(N=Cc3ccc(-c4ccc(Cl)c([N+](=O)[O-])c4)o3)c2C#N)C1. The quantitative estimate of drug-likeness (QED) is 0.228. The molecule has 0 fully saturated rings. The molecule has 0 N–H and O–H groups in total. The van der Waals surface area contributed by atoms with E-state index in [4.69, 9.17) is 16.0 Å². The zero-order valence-electron chi connectivity index (χ0n) is 18.0. The predicted molar refractivity (Wildman–Crippen MR) is 127 cm³/mol. The summed E-state index contributed by atoms with van der Waals surface area (Å²) >= 11 is 7.47. The van der Waals surface area contributed by atoms with Crippen LogP contribution in [0.2, 0.25) is 5.02 Å². The third-order valence-corrected chi connectivity index (χ3v) is 7.43. The molecule has 1 aliphatic rings. The summed E-state index contributed by atoms with van der Waals surface area (Å²) in [4.78, 5) is 16.4. The van der Waals surface area contributed by atoms with Crippen molar-refractivity contribution in [1.29, 1.82) is 5.26 Å². The molecule has 0 saturated carbocycles. The second-order valence-corrected chi connectivity index (χ2v) is 10.5. The number of hydrogen-bond acceptors (Lipinski definition) is 6. The molecule has 0 saturated heterocycles. The van der Waals surface area contributed by atoms with Crippen LogP contribution < -0.4 is 0 Å². The molecular formula is C24H22ClN3O3S. The minimum atomic E-state index is -0.524. The van der Waals surface area contributed by atoms with E-state index >= 15 is 0 Å². The first-order chi connectivity index (χ1) is 15.2. The van der Waals surface area contributed by atoms with Gasteiger partial charge in [0.2, 0.25) is 0 Å². The van der Waals surface area contributed by atoms with Crippen molar-refractivity contribution in [3.63, 3.8) is 0 Å². The number of halogens is 1. The third-order valence-electron chi connectivity index (χ3n) is 5.95. The van der Waals surface area contributed by atoms with E-state index in [9.17, 15) is 15.4 Å². The predicted octanol–water partition coefficient (Wildman–Crippen LogP) is 7.34. The van der Waals surface area contributed by atoms with Gasteiger partial charge in [0.15, 0.2) is 0 Å². The summed E-state index contributed by atoms with van der Waals surface area (Å²) in [7, 11) is 0. The maximum absolute atomic E-state index is 11.1. The van der Waals surface area contributed by atoms with E-state index in [-0.39, 0.29) is 16.1 Å². The Balaban J connectivity index is 1.59. The van der Waals surface area contributed by atoms with Crippen LogP contribution >= 0.6 is 22.9 Å². The van der Waals surface area contributed by atoms with Gasteiger partial charge in [0.05, 0.1) is 16.7 Å². The smallest absolute Gasteiger partial charge is 0.288 e. The fourth-order valence-corrected chi connectivity index (χ4v) is 5.43. The van der Waals surface area contributed by atoms with Gasteiger partial charge < -0.3 is 4.42 Å². The first-order valence-electron chi connectivity index (χ1n) is 10.3. The summed E-state index contributed by atoms with van der Waals surface area (Å²) in [5, 5.41) is 21.6. The summed E-state index contributed by atoms with van der Waals surface area (Å²) in [6.07, 6.45) is 4.56. The Bertz CT molecular complexity index is 1260. The van der Waals surface area contributed by atoms with Crippen LogP contribution in [0.5, 0.6) is 0 Å². The molecule has 164 valence electrons. The average Bonchev–Trinajstić information content (AvgIpc) is 3.35. The number of nitro benzene ring substituents is 1. The lowest BCUT2D eigenvalue weighted by Gasteiger charge is -2.33. The fourth-order valence-electron chi connectivity index (χ4n) is 4.02. The molecule has 1 aliphatic carbocycles. The number of nitriles is 1. The van der Waals surface area contributed by atoms with Gasteiger partial charge in [-0.05, 0) is 60.4 Å². The van der Waals surface area contributed by atoms with Gasteiger partial charge in [-0.25, -0.2) is 4.99 Å². The van der Waals surface area contributed by atoms with Crippen molar-refractivity contribution < 1.29 is 9.34 Å². The molecule has 8 heteroatoms. The molecule has 3 aromatic rings. The lowest BCUT2D eigenvalue weighted by Crippen LogP contribution is -2.26. The number of furan rings is 1. The standard InChI is InChI=1S/C24H22ClN3O3S/c1-24(2,3)15-5-7-17-18(12-26)23(32-22(17)11-15)27-13-16-6-9-21(31-16)14-4-8-19(25)20(10-14)28(29)30/h4,6,8-10,13,15H,5,7,11H2,1-3H3/t15-/m0/s1. The molecule has 0 aliphatic heterocycles. The molecule has 4 rings (SSSR count). The number of benzene rings is 1. The normalized spacial score (nSPS) is 16.2. The van der Waals surface area contributed by atoms with Crippen LogP contribution in [0.1, 0.15) is 49.0 Å². The zero-order chi connectivity index (χ0) is 23.0. The summed E-state index contributed by atoms with van der Waals surface area (Å²) < 4.78 is 5.81. The summed E-state index contributed by atoms with van der Waals surface area (Å²) in [6, 6.07) is 10.3. The minimum Gasteiger partial charge on any atom is -0.455 e. The van der Waals surface area contributed by atoms with Gasteiger partial charge in [-0.1, -0.05) is 32.4 Å². The van der Waals surface area contributed by atoms with Crippen LogP contribution in [-0.2, 0) is 12.8 Å². The van der Waals surface area contributed by atoms with Crippen LogP contribution in [0.4, 0.5) is 10.7 Å². The van der Waals surface area contributed by atoms with Crippen molar-refractivity contribution in [3.05, 3.63) is 67.2 Å². The first kappa shape index (κ1) is 22.3. The van der Waals surface area contributed by atoms with E-state index in [0.29, 0.717) is 33.6 Å². The monoisotopic (exact) mass is 467 g/mol. The van der Waals surface area contributed by atoms with E-state index in [1.165, 1.54) is 17.0 Å². The van der Waals surface area contributed by atoms with Gasteiger partial charge in [0.1, 0.15) is 27.6 Å². The van der Waals surface area contributed by atoms with E-state index in [2.05, 4.69) is 31.8 Å². The Morgan fingerprint density at radius 3 is 2.81 bits per heavy atom. The number of nitro groups is 1. The summed E-state index contributed by atoms with van der Waals surface area (Å²) in [6.45, 7) is 6.80. The van der Waals surface area contributed by atoms with E-state index < -0.39 is 4.92 Å². The highest BCUT2D eigenvalue weighted by Crippen LogP contribution is 2.45. The van der Waals surface area contributed by atoms with Gasteiger partial charge in [0, 0.05) is 16.5 Å². The Hall–Kier alpha value is -2.95. The molecule has 2 heterocycles. The van der Waals surface area contributed by atoms with Crippen molar-refractivity contribution in [2.24, 2.45) is 16.3 Å². The minimum absolute atomic E-state index is 0.0755. The van der Waals surface area contributed by atoms with Crippen LogP contribution in [0.15, 0.2) is 39.7 Å². The molecule has 1 aromatic carbocycles. The van der Waals surface area contributed by atoms with Crippen molar-refractivity contribution in [2.75, 3.05) is 0 Å². The molecule has 0 radical (unpaired) electrons. The molecule has 0 spiro atoms. The topological polar surface area (TPSA) is 92.4 Å². The first-order valence-corrected chi connectivity index (χ1v) is 11.5. The Morgan fingerprint density at radius 1 is 1.34 bits per heavy atom. The maximum Gasteiger partial charge on any atom is 0.288 e. The van der Waals surface area contributed by atoms with Gasteiger partial charge in [-0.15, -0.1) is 11.3 Å². The Morgan fingerprint density at radius 2 is 2.12 bits per heavy atom.